The van der Waals surface area contributed by atoms with Crippen molar-refractivity contribution in [3.63, 3.8) is 0 Å². The third kappa shape index (κ3) is 4.41. The predicted octanol–water partition coefficient (Wildman–Crippen LogP) is -3.10. The number of rotatable bonds is 2. The van der Waals surface area contributed by atoms with E-state index in [0.29, 0.717) is 5.56 Å². The number of aromatic nitrogens is 2. The van der Waals surface area contributed by atoms with Crippen molar-refractivity contribution < 1.29 is 29.8 Å². The molecule has 2 rings (SSSR count). The zero-order valence-corrected chi connectivity index (χ0v) is 12.5. The quantitative estimate of drug-likeness (QED) is 0.271. The molecule has 0 bridgehead atoms. The molecule has 1 fully saturated rings. The summed E-state index contributed by atoms with van der Waals surface area (Å²) in [5.41, 5.74) is 9.63. The van der Waals surface area contributed by atoms with Crippen LogP contribution in [0.4, 0.5) is 5.82 Å². The first kappa shape index (κ1) is 18.9. The lowest BCUT2D eigenvalue weighted by atomic mass is 10.1. The minimum absolute atomic E-state index is 0.1000. The van der Waals surface area contributed by atoms with Gasteiger partial charge in [-0.25, -0.2) is 4.79 Å². The largest absolute Gasteiger partial charge is 0.394 e. The van der Waals surface area contributed by atoms with E-state index in [1.807, 2.05) is 0 Å². The van der Waals surface area contributed by atoms with E-state index in [9.17, 15) is 15.0 Å². The average Bonchev–Trinajstić information content (AvgIpc) is 2.70. The second-order valence-electron chi connectivity index (χ2n) is 4.55. The van der Waals surface area contributed by atoms with Crippen LogP contribution in [0.1, 0.15) is 11.8 Å². The molecular formula is C10H19N4O7P. The molecule has 0 aromatic carbocycles. The zero-order valence-electron chi connectivity index (χ0n) is 11.6. The van der Waals surface area contributed by atoms with Gasteiger partial charge in [-0.2, -0.15) is 4.98 Å². The van der Waals surface area contributed by atoms with Crippen LogP contribution in [-0.2, 0) is 4.74 Å². The zero-order chi connectivity index (χ0) is 17.0. The SMILES string of the molecule is Cc1cn([C@@H]2O[C@H](CO)[C@@H](O)[C@H]2O)c(=O)nc1N.NP(O)O. The van der Waals surface area contributed by atoms with Gasteiger partial charge < -0.3 is 35.6 Å². The Morgan fingerprint density at radius 2 is 1.95 bits per heavy atom. The Balaban J connectivity index is 0.000000541. The Labute approximate surface area is 126 Å². The van der Waals surface area contributed by atoms with Crippen LogP contribution in [0.5, 0.6) is 0 Å². The molecule has 1 aromatic rings. The number of hydrogen-bond donors (Lipinski definition) is 7. The maximum atomic E-state index is 11.7. The summed E-state index contributed by atoms with van der Waals surface area (Å²) in [5.74, 6) is 0.1000. The Morgan fingerprint density at radius 3 is 2.41 bits per heavy atom. The molecular weight excluding hydrogens is 319 g/mol. The molecule has 0 amide bonds. The number of ether oxygens (including phenoxy) is 1. The summed E-state index contributed by atoms with van der Waals surface area (Å²) in [4.78, 5) is 30.1. The Bertz CT molecular complexity index is 552. The molecule has 1 saturated heterocycles. The van der Waals surface area contributed by atoms with E-state index in [-0.39, 0.29) is 5.82 Å². The van der Waals surface area contributed by atoms with Crippen LogP contribution in [-0.4, -0.2) is 59.6 Å². The Morgan fingerprint density at radius 1 is 1.41 bits per heavy atom. The number of aryl methyl sites for hydroxylation is 1. The van der Waals surface area contributed by atoms with Crippen LogP contribution in [0.2, 0.25) is 0 Å². The molecule has 4 atom stereocenters. The molecule has 126 valence electrons. The van der Waals surface area contributed by atoms with Gasteiger partial charge in [0.15, 0.2) is 6.23 Å². The molecule has 1 aliphatic rings. The molecule has 12 heteroatoms. The first-order valence-electron chi connectivity index (χ1n) is 6.09. The normalized spacial score (nSPS) is 27.6. The summed E-state index contributed by atoms with van der Waals surface area (Å²) in [6.45, 7) is 1.20. The first-order chi connectivity index (χ1) is 10.2. The molecule has 9 N–H and O–H groups in total. The standard InChI is InChI=1S/C10H15N3O5.H4NO2P/c1-4-2-13(10(17)12-8(4)11)9-7(16)6(15)5(3-14)18-9;1-4(2)3/h2,5-7,9,14-16H,3H2,1H3,(H2,11,12,17);2-3H,1H2/t5-,6-,7-,9-;/m1./s1. The fraction of sp³-hybridized carbons (Fsp3) is 0.600. The van der Waals surface area contributed by atoms with Gasteiger partial charge in [-0.05, 0) is 6.92 Å². The predicted molar refractivity (Wildman–Crippen MR) is 76.2 cm³/mol. The number of nitrogen functional groups attached to an aromatic ring is 1. The van der Waals surface area contributed by atoms with Gasteiger partial charge >= 0.3 is 5.69 Å². The van der Waals surface area contributed by atoms with E-state index in [4.69, 9.17) is 25.4 Å². The molecule has 2 heterocycles. The highest BCUT2D eigenvalue weighted by Gasteiger charge is 2.43. The van der Waals surface area contributed by atoms with Gasteiger partial charge in [0, 0.05) is 11.8 Å². The maximum absolute atomic E-state index is 11.7. The lowest BCUT2D eigenvalue weighted by Crippen LogP contribution is -2.36. The van der Waals surface area contributed by atoms with Crippen molar-refractivity contribution in [3.8, 4) is 0 Å². The van der Waals surface area contributed by atoms with Gasteiger partial charge in [0.2, 0.25) is 8.53 Å². The number of nitrogens with two attached hydrogens (primary N) is 2. The van der Waals surface area contributed by atoms with E-state index in [1.54, 1.807) is 6.92 Å². The summed E-state index contributed by atoms with van der Waals surface area (Å²) in [6, 6.07) is 0. The summed E-state index contributed by atoms with van der Waals surface area (Å²) >= 11 is 0. The minimum atomic E-state index is -2.12. The van der Waals surface area contributed by atoms with Gasteiger partial charge in [0.25, 0.3) is 0 Å². The Hall–Kier alpha value is -1.17. The lowest BCUT2D eigenvalue weighted by molar-refractivity contribution is -0.0550. The molecule has 1 aliphatic heterocycles. The van der Waals surface area contributed by atoms with Crippen molar-refractivity contribution >= 4 is 14.3 Å². The van der Waals surface area contributed by atoms with Crippen molar-refractivity contribution in [2.24, 2.45) is 5.50 Å². The van der Waals surface area contributed by atoms with Crippen LogP contribution >= 0.6 is 8.53 Å². The smallest absolute Gasteiger partial charge is 0.351 e. The highest BCUT2D eigenvalue weighted by molar-refractivity contribution is 7.42. The number of anilines is 1. The Kier molecular flexibility index (Phi) is 6.78. The number of hydrogen-bond acceptors (Lipinski definition) is 10. The van der Waals surface area contributed by atoms with E-state index in [0.717, 1.165) is 4.57 Å². The highest BCUT2D eigenvalue weighted by atomic mass is 31.2. The number of aliphatic hydroxyl groups excluding tert-OH is 3. The summed E-state index contributed by atoms with van der Waals surface area (Å²) in [6.07, 6.45) is -3.20. The summed E-state index contributed by atoms with van der Waals surface area (Å²) in [7, 11) is -2.12. The van der Waals surface area contributed by atoms with Crippen molar-refractivity contribution in [2.75, 3.05) is 12.3 Å². The van der Waals surface area contributed by atoms with Crippen molar-refractivity contribution in [1.82, 2.24) is 9.55 Å². The van der Waals surface area contributed by atoms with E-state index in [2.05, 4.69) is 10.5 Å². The second-order valence-corrected chi connectivity index (χ2v) is 5.19. The topological polar surface area (TPSA) is 197 Å². The third-order valence-electron chi connectivity index (χ3n) is 2.97. The fourth-order valence-electron chi connectivity index (χ4n) is 1.87. The number of aliphatic hydroxyl groups is 3. The summed E-state index contributed by atoms with van der Waals surface area (Å²) < 4.78 is 6.28. The van der Waals surface area contributed by atoms with Gasteiger partial charge in [0.1, 0.15) is 24.1 Å². The monoisotopic (exact) mass is 338 g/mol. The van der Waals surface area contributed by atoms with Crippen molar-refractivity contribution in [2.45, 2.75) is 31.5 Å². The van der Waals surface area contributed by atoms with Crippen LogP contribution in [0.25, 0.3) is 0 Å². The fourth-order valence-corrected chi connectivity index (χ4v) is 1.87. The molecule has 22 heavy (non-hydrogen) atoms. The van der Waals surface area contributed by atoms with Crippen molar-refractivity contribution in [1.29, 1.82) is 0 Å². The molecule has 0 saturated carbocycles. The highest BCUT2D eigenvalue weighted by Crippen LogP contribution is 2.28. The maximum Gasteiger partial charge on any atom is 0.351 e. The molecule has 0 spiro atoms. The van der Waals surface area contributed by atoms with Gasteiger partial charge in [-0.1, -0.05) is 0 Å². The van der Waals surface area contributed by atoms with Gasteiger partial charge in [0.05, 0.1) is 6.61 Å². The van der Waals surface area contributed by atoms with Crippen LogP contribution < -0.4 is 16.9 Å². The molecule has 0 radical (unpaired) electrons. The molecule has 0 unspecified atom stereocenters. The minimum Gasteiger partial charge on any atom is -0.394 e. The second kappa shape index (κ2) is 7.90. The van der Waals surface area contributed by atoms with E-state index < -0.39 is 45.4 Å². The van der Waals surface area contributed by atoms with Gasteiger partial charge in [-0.3, -0.25) is 10.1 Å². The molecule has 11 nitrogen and oxygen atoms in total. The number of nitrogens with zero attached hydrogens (tertiary/aromatic N) is 2. The lowest BCUT2D eigenvalue weighted by Gasteiger charge is -2.17. The van der Waals surface area contributed by atoms with Crippen LogP contribution in [0.3, 0.4) is 0 Å². The van der Waals surface area contributed by atoms with E-state index in [1.165, 1.54) is 6.20 Å². The van der Waals surface area contributed by atoms with Gasteiger partial charge in [-0.15, -0.1) is 0 Å². The summed E-state index contributed by atoms with van der Waals surface area (Å²) in [5, 5.41) is 28.4. The third-order valence-corrected chi connectivity index (χ3v) is 2.97. The molecule has 1 aromatic heterocycles. The average molecular weight is 338 g/mol. The van der Waals surface area contributed by atoms with Crippen LogP contribution in [0, 0.1) is 6.92 Å². The van der Waals surface area contributed by atoms with E-state index >= 15 is 0 Å². The van der Waals surface area contributed by atoms with Crippen molar-refractivity contribution in [3.05, 3.63) is 22.2 Å². The first-order valence-corrected chi connectivity index (χ1v) is 7.41. The van der Waals surface area contributed by atoms with Crippen LogP contribution in [0.15, 0.2) is 11.0 Å². The molecule has 0 aliphatic carbocycles.